The molecular weight excluding hydrogens is 641 g/mol. The minimum absolute atomic E-state index is 0.0658. The number of anilines is 2. The number of Topliss-reactive ketones (excluding diaryl/α,β-unsaturated/α-hetero) is 1. The van der Waals surface area contributed by atoms with Crippen LogP contribution in [0.25, 0.3) is 6.08 Å². The highest BCUT2D eigenvalue weighted by molar-refractivity contribution is 8.00. The van der Waals surface area contributed by atoms with Crippen molar-refractivity contribution in [3.63, 3.8) is 0 Å². The van der Waals surface area contributed by atoms with Crippen LogP contribution in [0.2, 0.25) is 0 Å². The molecule has 5 aromatic rings. The molecule has 5 aromatic carbocycles. The third kappa shape index (κ3) is 9.37. The molecule has 0 heterocycles. The molecule has 244 valence electrons. The van der Waals surface area contributed by atoms with Gasteiger partial charge in [0.2, 0.25) is 5.91 Å². The van der Waals surface area contributed by atoms with Crippen LogP contribution < -0.4 is 16.0 Å². The molecule has 0 aromatic heterocycles. The molecule has 0 spiro atoms. The van der Waals surface area contributed by atoms with Gasteiger partial charge in [-0.3, -0.25) is 29.3 Å². The Kier molecular flexibility index (Phi) is 11.1. The number of amides is 3. The maximum atomic E-state index is 13.5. The minimum Gasteiger partial charge on any atom is -0.325 e. The standard InChI is InChI=1S/C38H30N4O6S/c1-25(43)27-14-16-30(17-15-27)40-38(46)35(28-8-4-2-5-9-28)49-33-22-18-31(19-23-33)39-37(45)34(41-36(44)29-10-6-3-7-11-29)24-26-12-20-32(21-13-26)42(47)48/h2-24,35H,1H3,(H,39,45)(H,40,46)(H,41,44)/b34-24-. The Morgan fingerprint density at radius 3 is 1.86 bits per heavy atom. The van der Waals surface area contributed by atoms with Crippen molar-refractivity contribution in [3.8, 4) is 0 Å². The van der Waals surface area contributed by atoms with E-state index in [-0.39, 0.29) is 23.1 Å². The van der Waals surface area contributed by atoms with Gasteiger partial charge in [-0.25, -0.2) is 0 Å². The lowest BCUT2D eigenvalue weighted by molar-refractivity contribution is -0.384. The molecule has 0 aliphatic carbocycles. The first-order valence-corrected chi connectivity index (χ1v) is 15.9. The summed E-state index contributed by atoms with van der Waals surface area (Å²) in [4.78, 5) is 62.8. The molecule has 1 unspecified atom stereocenters. The van der Waals surface area contributed by atoms with E-state index in [9.17, 15) is 29.3 Å². The first-order valence-electron chi connectivity index (χ1n) is 15.0. The Morgan fingerprint density at radius 1 is 0.694 bits per heavy atom. The topological polar surface area (TPSA) is 148 Å². The number of nitrogens with one attached hydrogen (secondary N) is 3. The van der Waals surface area contributed by atoms with Gasteiger partial charge in [-0.15, -0.1) is 11.8 Å². The summed E-state index contributed by atoms with van der Waals surface area (Å²) in [5, 5.41) is 18.8. The number of benzene rings is 5. The average molecular weight is 671 g/mol. The summed E-state index contributed by atoms with van der Waals surface area (Å²) in [6.45, 7) is 1.48. The van der Waals surface area contributed by atoms with Gasteiger partial charge >= 0.3 is 0 Å². The second-order valence-corrected chi connectivity index (χ2v) is 11.9. The third-order valence-corrected chi connectivity index (χ3v) is 8.48. The summed E-state index contributed by atoms with van der Waals surface area (Å²) >= 11 is 1.33. The van der Waals surface area contributed by atoms with Gasteiger partial charge in [0.25, 0.3) is 17.5 Å². The fourth-order valence-electron chi connectivity index (χ4n) is 4.65. The lowest BCUT2D eigenvalue weighted by Crippen LogP contribution is -2.30. The van der Waals surface area contributed by atoms with Crippen molar-refractivity contribution < 1.29 is 24.1 Å². The van der Waals surface area contributed by atoms with Crippen LogP contribution in [0.5, 0.6) is 0 Å². The van der Waals surface area contributed by atoms with Gasteiger partial charge in [0.1, 0.15) is 10.9 Å². The van der Waals surface area contributed by atoms with Crippen molar-refractivity contribution in [2.24, 2.45) is 0 Å². The van der Waals surface area contributed by atoms with E-state index in [2.05, 4.69) is 16.0 Å². The van der Waals surface area contributed by atoms with Crippen LogP contribution >= 0.6 is 11.8 Å². The van der Waals surface area contributed by atoms with Crippen molar-refractivity contribution >= 4 is 58.4 Å². The predicted octanol–water partition coefficient (Wildman–Crippen LogP) is 7.68. The first kappa shape index (κ1) is 34.0. The summed E-state index contributed by atoms with van der Waals surface area (Å²) in [6.07, 6.45) is 1.43. The maximum Gasteiger partial charge on any atom is 0.272 e. The molecule has 10 nitrogen and oxygen atoms in total. The van der Waals surface area contributed by atoms with E-state index in [1.807, 2.05) is 30.3 Å². The summed E-state index contributed by atoms with van der Waals surface area (Å²) in [5.74, 6) is -1.43. The van der Waals surface area contributed by atoms with Crippen molar-refractivity contribution in [2.75, 3.05) is 10.6 Å². The van der Waals surface area contributed by atoms with E-state index in [0.717, 1.165) is 10.5 Å². The molecule has 3 N–H and O–H groups in total. The Bertz CT molecular complexity index is 2000. The second kappa shape index (κ2) is 16.0. The van der Waals surface area contributed by atoms with Crippen LogP contribution in [0.1, 0.15) is 44.0 Å². The number of hydrogen-bond donors (Lipinski definition) is 3. The molecular formula is C38H30N4O6S. The summed E-state index contributed by atoms with van der Waals surface area (Å²) in [6, 6.07) is 36.9. The van der Waals surface area contributed by atoms with Crippen molar-refractivity contribution in [1.82, 2.24) is 5.32 Å². The van der Waals surface area contributed by atoms with Crippen LogP contribution in [0, 0.1) is 10.1 Å². The van der Waals surface area contributed by atoms with Crippen LogP contribution in [0.4, 0.5) is 17.1 Å². The lowest BCUT2D eigenvalue weighted by atomic mass is 10.1. The van der Waals surface area contributed by atoms with E-state index in [1.165, 1.54) is 49.0 Å². The SMILES string of the molecule is CC(=O)c1ccc(NC(=O)C(Sc2ccc(NC(=O)/C(=C/c3ccc([N+](=O)[O-])cc3)NC(=O)c3ccccc3)cc2)c2ccccc2)cc1. The average Bonchev–Trinajstić information content (AvgIpc) is 3.12. The van der Waals surface area contributed by atoms with E-state index >= 15 is 0 Å². The normalized spacial score (nSPS) is 11.6. The molecule has 5 rings (SSSR count). The van der Waals surface area contributed by atoms with E-state index < -0.39 is 22.0 Å². The van der Waals surface area contributed by atoms with E-state index in [1.54, 1.807) is 78.9 Å². The highest BCUT2D eigenvalue weighted by atomic mass is 32.2. The first-order chi connectivity index (χ1) is 23.7. The van der Waals surface area contributed by atoms with Gasteiger partial charge in [0.15, 0.2) is 5.78 Å². The molecule has 0 bridgehead atoms. The highest BCUT2D eigenvalue weighted by Gasteiger charge is 2.23. The smallest absolute Gasteiger partial charge is 0.272 e. The monoisotopic (exact) mass is 670 g/mol. The largest absolute Gasteiger partial charge is 0.325 e. The molecule has 0 aliphatic heterocycles. The molecule has 11 heteroatoms. The maximum absolute atomic E-state index is 13.5. The van der Waals surface area contributed by atoms with Crippen LogP contribution in [0.3, 0.4) is 0 Å². The molecule has 0 aliphatic rings. The zero-order valence-electron chi connectivity index (χ0n) is 26.2. The number of nitro groups is 1. The third-order valence-electron chi connectivity index (χ3n) is 7.21. The lowest BCUT2D eigenvalue weighted by Gasteiger charge is -2.18. The molecule has 1 atom stereocenters. The fraction of sp³-hybridized carbons (Fsp3) is 0.0526. The van der Waals surface area contributed by atoms with Crippen molar-refractivity contribution in [3.05, 3.63) is 172 Å². The van der Waals surface area contributed by atoms with Crippen molar-refractivity contribution in [1.29, 1.82) is 0 Å². The van der Waals surface area contributed by atoms with Crippen LogP contribution in [0.15, 0.2) is 144 Å². The molecule has 49 heavy (non-hydrogen) atoms. The number of rotatable bonds is 12. The zero-order chi connectivity index (χ0) is 34.8. The van der Waals surface area contributed by atoms with E-state index in [4.69, 9.17) is 0 Å². The molecule has 0 radical (unpaired) electrons. The van der Waals surface area contributed by atoms with Crippen LogP contribution in [-0.2, 0) is 9.59 Å². The quantitative estimate of drug-likeness (QED) is 0.0406. The number of hydrogen-bond acceptors (Lipinski definition) is 7. The number of carbonyl (C=O) groups excluding carboxylic acids is 4. The Hall–Kier alpha value is -6.33. The predicted molar refractivity (Wildman–Crippen MR) is 190 cm³/mol. The van der Waals surface area contributed by atoms with Gasteiger partial charge in [0, 0.05) is 39.5 Å². The van der Waals surface area contributed by atoms with Gasteiger partial charge < -0.3 is 16.0 Å². The number of carbonyl (C=O) groups is 4. The zero-order valence-corrected chi connectivity index (χ0v) is 27.0. The summed E-state index contributed by atoms with van der Waals surface area (Å²) in [7, 11) is 0. The highest BCUT2D eigenvalue weighted by Crippen LogP contribution is 2.37. The number of nitro benzene ring substituents is 1. The number of non-ortho nitro benzene ring substituents is 1. The fourth-order valence-corrected chi connectivity index (χ4v) is 5.67. The number of ketones is 1. The van der Waals surface area contributed by atoms with E-state index in [0.29, 0.717) is 28.1 Å². The Balaban J connectivity index is 1.32. The Labute approximate surface area is 286 Å². The van der Waals surface area contributed by atoms with Gasteiger partial charge in [-0.1, -0.05) is 48.5 Å². The number of nitrogens with zero attached hydrogens (tertiary/aromatic N) is 1. The second-order valence-electron chi connectivity index (χ2n) is 10.7. The van der Waals surface area contributed by atoms with Crippen LogP contribution in [-0.4, -0.2) is 28.4 Å². The minimum atomic E-state index is -0.612. The van der Waals surface area contributed by atoms with Gasteiger partial charge in [-0.05, 0) is 96.9 Å². The van der Waals surface area contributed by atoms with Crippen molar-refractivity contribution in [2.45, 2.75) is 17.1 Å². The Morgan fingerprint density at radius 2 is 1.27 bits per heavy atom. The summed E-state index contributed by atoms with van der Waals surface area (Å²) in [5.41, 5.74) is 2.97. The molecule has 0 saturated heterocycles. The van der Waals surface area contributed by atoms with Gasteiger partial charge in [0.05, 0.1) is 4.92 Å². The number of thioether (sulfide) groups is 1. The molecule has 0 fully saturated rings. The van der Waals surface area contributed by atoms with Gasteiger partial charge in [-0.2, -0.15) is 0 Å². The summed E-state index contributed by atoms with van der Waals surface area (Å²) < 4.78 is 0. The molecule has 3 amide bonds. The molecule has 0 saturated carbocycles.